The maximum atomic E-state index is 12.1. The van der Waals surface area contributed by atoms with Crippen LogP contribution in [-0.4, -0.2) is 48.0 Å². The Labute approximate surface area is 117 Å². The van der Waals surface area contributed by atoms with Gasteiger partial charge in [0.15, 0.2) is 11.5 Å². The normalized spacial score (nSPS) is 19.7. The van der Waals surface area contributed by atoms with Gasteiger partial charge in [-0.1, -0.05) is 0 Å². The Morgan fingerprint density at radius 2 is 1.80 bits per heavy atom. The zero-order valence-electron chi connectivity index (χ0n) is 11.8. The number of likely N-dealkylation sites (N-methyl/N-ethyl adjacent to an activating group) is 1. The van der Waals surface area contributed by atoms with Crippen molar-refractivity contribution in [2.45, 2.75) is 19.3 Å². The number of hydrogen-bond acceptors (Lipinski definition) is 4. The molecule has 0 aromatic carbocycles. The highest BCUT2D eigenvalue weighted by atomic mass is 16.2. The van der Waals surface area contributed by atoms with Crippen LogP contribution in [0.3, 0.4) is 0 Å². The molecule has 1 N–H and O–H groups in total. The lowest BCUT2D eigenvalue weighted by Crippen LogP contribution is -2.35. The Morgan fingerprint density at radius 3 is 2.50 bits per heavy atom. The van der Waals surface area contributed by atoms with Crippen molar-refractivity contribution in [3.05, 3.63) is 5.69 Å². The summed E-state index contributed by atoms with van der Waals surface area (Å²) in [4.78, 5) is 32.2. The minimum atomic E-state index is -0.240. The van der Waals surface area contributed by atoms with Crippen molar-refractivity contribution in [3.63, 3.8) is 0 Å². The zero-order valence-corrected chi connectivity index (χ0v) is 11.8. The summed E-state index contributed by atoms with van der Waals surface area (Å²) in [6.07, 6.45) is 3.51. The number of carbonyl (C=O) groups is 2. The van der Waals surface area contributed by atoms with Crippen LogP contribution in [0.2, 0.25) is 0 Å². The number of rotatable bonds is 1. The average molecular weight is 277 g/mol. The fraction of sp³-hybridized carbons (Fsp3) is 0.615. The molecule has 0 radical (unpaired) electrons. The van der Waals surface area contributed by atoms with Crippen LogP contribution >= 0.6 is 0 Å². The van der Waals surface area contributed by atoms with E-state index in [0.29, 0.717) is 11.5 Å². The molecule has 1 aromatic heterocycles. The van der Waals surface area contributed by atoms with E-state index in [1.807, 2.05) is 7.05 Å². The molecule has 1 aromatic rings. The maximum absolute atomic E-state index is 12.1. The quantitative estimate of drug-likeness (QED) is 0.791. The van der Waals surface area contributed by atoms with Gasteiger partial charge in [-0.05, 0) is 19.3 Å². The van der Waals surface area contributed by atoms with E-state index < -0.39 is 0 Å². The molecule has 7 nitrogen and oxygen atoms in total. The van der Waals surface area contributed by atoms with Gasteiger partial charge in [0.25, 0.3) is 5.91 Å². The van der Waals surface area contributed by atoms with Crippen LogP contribution in [0, 0.1) is 0 Å². The number of nitrogens with one attached hydrogen (secondary N) is 1. The summed E-state index contributed by atoms with van der Waals surface area (Å²) in [7, 11) is 3.49. The van der Waals surface area contributed by atoms with Crippen LogP contribution in [0.1, 0.15) is 29.8 Å². The highest BCUT2D eigenvalue weighted by molar-refractivity contribution is 6.08. The molecule has 3 heterocycles. The fourth-order valence-electron chi connectivity index (χ4n) is 2.81. The first-order valence-corrected chi connectivity index (χ1v) is 6.96. The lowest BCUT2D eigenvalue weighted by Gasteiger charge is -2.27. The van der Waals surface area contributed by atoms with E-state index in [4.69, 9.17) is 0 Å². The van der Waals surface area contributed by atoms with Crippen molar-refractivity contribution in [1.29, 1.82) is 0 Å². The summed E-state index contributed by atoms with van der Waals surface area (Å²) in [5, 5.41) is 2.63. The third-order valence-electron chi connectivity index (χ3n) is 4.00. The molecule has 0 saturated carbocycles. The number of carbonyl (C=O) groups excluding carboxylic acids is 2. The third kappa shape index (κ3) is 1.93. The Balaban J connectivity index is 2.05. The number of amides is 2. The topological polar surface area (TPSA) is 70.5 Å². The molecule has 7 heteroatoms. The standard InChI is InChI=1S/C13H19N5O2/c1-16-9(19)8-14-12(20)10-11(16)15-13(17(10)2)18-6-4-3-5-7-18/h3-8H2,1-2H3,(H,14,20). The van der Waals surface area contributed by atoms with Crippen molar-refractivity contribution in [3.8, 4) is 0 Å². The molecule has 2 aliphatic rings. The minimum Gasteiger partial charge on any atom is -0.342 e. The smallest absolute Gasteiger partial charge is 0.272 e. The zero-order chi connectivity index (χ0) is 14.3. The molecule has 108 valence electrons. The molecule has 0 spiro atoms. The van der Waals surface area contributed by atoms with Gasteiger partial charge in [-0.2, -0.15) is 4.98 Å². The van der Waals surface area contributed by atoms with E-state index in [9.17, 15) is 9.59 Å². The first-order valence-electron chi connectivity index (χ1n) is 6.96. The molecule has 1 saturated heterocycles. The summed E-state index contributed by atoms with van der Waals surface area (Å²) < 4.78 is 1.80. The second-order valence-electron chi connectivity index (χ2n) is 5.33. The average Bonchev–Trinajstić information content (AvgIpc) is 2.77. The maximum Gasteiger partial charge on any atom is 0.272 e. The Bertz CT molecular complexity index is 559. The Kier molecular flexibility index (Phi) is 3.11. The number of hydrogen-bond donors (Lipinski definition) is 1. The molecular weight excluding hydrogens is 258 g/mol. The largest absolute Gasteiger partial charge is 0.342 e. The molecule has 0 aliphatic carbocycles. The number of nitrogens with zero attached hydrogens (tertiary/aromatic N) is 4. The highest BCUT2D eigenvalue weighted by Gasteiger charge is 2.31. The molecule has 0 bridgehead atoms. The van der Waals surface area contributed by atoms with Crippen LogP contribution in [0.15, 0.2) is 0 Å². The predicted molar refractivity (Wildman–Crippen MR) is 75.0 cm³/mol. The van der Waals surface area contributed by atoms with Crippen LogP contribution in [0.25, 0.3) is 0 Å². The van der Waals surface area contributed by atoms with E-state index in [1.165, 1.54) is 11.3 Å². The number of fused-ring (bicyclic) bond motifs is 1. The highest BCUT2D eigenvalue weighted by Crippen LogP contribution is 2.28. The molecule has 2 amide bonds. The van der Waals surface area contributed by atoms with Crippen molar-refractivity contribution in [2.24, 2.45) is 7.05 Å². The molecule has 0 unspecified atom stereocenters. The van der Waals surface area contributed by atoms with E-state index >= 15 is 0 Å². The first kappa shape index (κ1) is 13.0. The van der Waals surface area contributed by atoms with Crippen LogP contribution < -0.4 is 15.1 Å². The SMILES string of the molecule is CN1C(=O)CNC(=O)c2c1nc(N1CCCCC1)n2C. The summed E-state index contributed by atoms with van der Waals surface area (Å²) >= 11 is 0. The summed E-state index contributed by atoms with van der Waals surface area (Å²) in [6, 6.07) is 0. The van der Waals surface area contributed by atoms with Crippen molar-refractivity contribution in [1.82, 2.24) is 14.9 Å². The molecule has 1 fully saturated rings. The minimum absolute atomic E-state index is 0.0186. The number of anilines is 2. The first-order chi connectivity index (χ1) is 9.59. The van der Waals surface area contributed by atoms with Crippen molar-refractivity contribution < 1.29 is 9.59 Å². The van der Waals surface area contributed by atoms with Gasteiger partial charge in [-0.25, -0.2) is 0 Å². The van der Waals surface area contributed by atoms with Gasteiger partial charge in [-0.3, -0.25) is 14.5 Å². The third-order valence-corrected chi connectivity index (χ3v) is 4.00. The van der Waals surface area contributed by atoms with Crippen LogP contribution in [0.4, 0.5) is 11.8 Å². The van der Waals surface area contributed by atoms with Gasteiger partial charge in [0, 0.05) is 27.2 Å². The predicted octanol–water partition coefficient (Wildman–Crippen LogP) is 0.117. The summed E-state index contributed by atoms with van der Waals surface area (Å²) in [5.41, 5.74) is 0.457. The second kappa shape index (κ2) is 4.81. The van der Waals surface area contributed by atoms with Gasteiger partial charge in [0.1, 0.15) is 0 Å². The number of aromatic nitrogens is 2. The van der Waals surface area contributed by atoms with Crippen LogP contribution in [-0.2, 0) is 11.8 Å². The summed E-state index contributed by atoms with van der Waals surface area (Å²) in [6.45, 7) is 1.91. The molecule has 3 rings (SSSR count). The molecule has 20 heavy (non-hydrogen) atoms. The monoisotopic (exact) mass is 277 g/mol. The van der Waals surface area contributed by atoms with Gasteiger partial charge in [0.05, 0.1) is 6.54 Å². The number of piperidine rings is 1. The molecule has 2 aliphatic heterocycles. The van der Waals surface area contributed by atoms with Gasteiger partial charge >= 0.3 is 0 Å². The van der Waals surface area contributed by atoms with E-state index in [0.717, 1.165) is 31.9 Å². The molecular formula is C13H19N5O2. The lowest BCUT2D eigenvalue weighted by molar-refractivity contribution is -0.117. The van der Waals surface area contributed by atoms with Gasteiger partial charge < -0.3 is 14.8 Å². The van der Waals surface area contributed by atoms with E-state index in [2.05, 4.69) is 15.2 Å². The fourth-order valence-corrected chi connectivity index (χ4v) is 2.81. The Morgan fingerprint density at radius 1 is 1.10 bits per heavy atom. The van der Waals surface area contributed by atoms with E-state index in [-0.39, 0.29) is 18.4 Å². The van der Waals surface area contributed by atoms with Crippen LogP contribution in [0.5, 0.6) is 0 Å². The second-order valence-corrected chi connectivity index (χ2v) is 5.33. The van der Waals surface area contributed by atoms with Crippen molar-refractivity contribution in [2.75, 3.05) is 36.5 Å². The summed E-state index contributed by atoms with van der Waals surface area (Å²) in [5.74, 6) is 0.829. The van der Waals surface area contributed by atoms with Gasteiger partial charge in [0.2, 0.25) is 11.9 Å². The van der Waals surface area contributed by atoms with Crippen molar-refractivity contribution >= 4 is 23.6 Å². The number of imidazole rings is 1. The lowest BCUT2D eigenvalue weighted by atomic mass is 10.1. The molecule has 0 atom stereocenters. The Hall–Kier alpha value is -2.05. The van der Waals surface area contributed by atoms with E-state index in [1.54, 1.807) is 11.6 Å². The van der Waals surface area contributed by atoms with Gasteiger partial charge in [-0.15, -0.1) is 0 Å².